The van der Waals surface area contributed by atoms with Gasteiger partial charge in [0.2, 0.25) is 4.77 Å². The Morgan fingerprint density at radius 3 is 2.94 bits per heavy atom. The van der Waals surface area contributed by atoms with Crippen molar-refractivity contribution in [3.05, 3.63) is 34.1 Å². The number of rotatable bonds is 1. The van der Waals surface area contributed by atoms with Gasteiger partial charge in [0, 0.05) is 5.56 Å². The summed E-state index contributed by atoms with van der Waals surface area (Å²) in [6.07, 6.45) is 0. The minimum atomic E-state index is 0.409. The number of fused-ring (bicyclic) bond motifs is 1. The highest BCUT2D eigenvalue weighted by molar-refractivity contribution is 7.71. The van der Waals surface area contributed by atoms with Gasteiger partial charge in [-0.05, 0) is 29.4 Å². The van der Waals surface area contributed by atoms with Crippen molar-refractivity contribution in [3.63, 3.8) is 0 Å². The van der Waals surface area contributed by atoms with Crippen molar-refractivity contribution in [1.82, 2.24) is 14.9 Å². The van der Waals surface area contributed by atoms with Gasteiger partial charge in [-0.25, -0.2) is 9.77 Å². The minimum absolute atomic E-state index is 0.409. The molecule has 0 saturated heterocycles. The molecule has 0 radical (unpaired) electrons. The third kappa shape index (κ3) is 1.35. The highest BCUT2D eigenvalue weighted by Crippen LogP contribution is 2.25. The van der Waals surface area contributed by atoms with E-state index in [1.54, 1.807) is 0 Å². The summed E-state index contributed by atoms with van der Waals surface area (Å²) >= 11 is 4.97. The topological polar surface area (TPSA) is 68.9 Å². The molecule has 2 heterocycles. The van der Waals surface area contributed by atoms with Gasteiger partial charge in [0.1, 0.15) is 0 Å². The van der Waals surface area contributed by atoms with Gasteiger partial charge in [-0.3, -0.25) is 0 Å². The monoisotopic (exact) mass is 234 g/mol. The quantitative estimate of drug-likeness (QED) is 0.577. The van der Waals surface area contributed by atoms with Crippen LogP contribution in [0.2, 0.25) is 0 Å². The van der Waals surface area contributed by atoms with E-state index in [-0.39, 0.29) is 0 Å². The lowest BCUT2D eigenvalue weighted by molar-refractivity contribution is 0.134. The molecule has 0 saturated carbocycles. The SMILES string of the molecule is Nn1c(-c2ccc3c(c2)COC3)n[nH]c1=S. The second-order valence-electron chi connectivity index (χ2n) is 3.70. The van der Waals surface area contributed by atoms with Crippen LogP contribution in [0.4, 0.5) is 0 Å². The minimum Gasteiger partial charge on any atom is -0.372 e. The Bertz CT molecular complexity index is 601. The third-order valence-electron chi connectivity index (χ3n) is 2.68. The maximum Gasteiger partial charge on any atom is 0.214 e. The van der Waals surface area contributed by atoms with Crippen molar-refractivity contribution in [2.24, 2.45) is 0 Å². The zero-order valence-corrected chi connectivity index (χ0v) is 9.25. The number of nitrogen functional groups attached to an aromatic ring is 1. The molecule has 1 aromatic heterocycles. The van der Waals surface area contributed by atoms with Crippen molar-refractivity contribution in [3.8, 4) is 11.4 Å². The first kappa shape index (κ1) is 9.56. The number of benzene rings is 1. The summed E-state index contributed by atoms with van der Waals surface area (Å²) in [4.78, 5) is 0. The summed E-state index contributed by atoms with van der Waals surface area (Å²) < 4.78 is 7.13. The Hall–Kier alpha value is -1.66. The van der Waals surface area contributed by atoms with Crippen LogP contribution in [0, 0.1) is 4.77 Å². The second-order valence-corrected chi connectivity index (χ2v) is 4.09. The normalized spacial score (nSPS) is 14.0. The van der Waals surface area contributed by atoms with Crippen molar-refractivity contribution < 1.29 is 4.74 Å². The van der Waals surface area contributed by atoms with Crippen LogP contribution in [-0.2, 0) is 18.0 Å². The van der Waals surface area contributed by atoms with E-state index in [0.717, 1.165) is 5.56 Å². The Morgan fingerprint density at radius 2 is 2.19 bits per heavy atom. The summed E-state index contributed by atoms with van der Waals surface area (Å²) in [5.74, 6) is 6.41. The van der Waals surface area contributed by atoms with E-state index in [4.69, 9.17) is 22.8 Å². The van der Waals surface area contributed by atoms with Gasteiger partial charge in [-0.1, -0.05) is 12.1 Å². The fourth-order valence-electron chi connectivity index (χ4n) is 1.82. The Labute approximate surface area is 96.8 Å². The van der Waals surface area contributed by atoms with Crippen LogP contribution in [-0.4, -0.2) is 14.9 Å². The Balaban J connectivity index is 2.14. The predicted octanol–water partition coefficient (Wildman–Crippen LogP) is 1.35. The standard InChI is InChI=1S/C10H10N4OS/c11-14-9(12-13-10(14)16)6-1-2-7-4-15-5-8(7)3-6/h1-3H,4-5,11H2,(H,13,16). The molecule has 0 aliphatic carbocycles. The molecule has 0 bridgehead atoms. The molecule has 1 aliphatic heterocycles. The fraction of sp³-hybridized carbons (Fsp3) is 0.200. The Morgan fingerprint density at radius 1 is 1.38 bits per heavy atom. The average Bonchev–Trinajstić information content (AvgIpc) is 2.86. The van der Waals surface area contributed by atoms with Crippen molar-refractivity contribution >= 4 is 12.2 Å². The lowest BCUT2D eigenvalue weighted by atomic mass is 10.1. The van der Waals surface area contributed by atoms with Gasteiger partial charge in [-0.15, -0.1) is 0 Å². The van der Waals surface area contributed by atoms with Crippen molar-refractivity contribution in [2.75, 3.05) is 5.84 Å². The van der Waals surface area contributed by atoms with Gasteiger partial charge in [0.15, 0.2) is 5.82 Å². The molecule has 0 fully saturated rings. The summed E-state index contributed by atoms with van der Waals surface area (Å²) in [5.41, 5.74) is 3.35. The zero-order chi connectivity index (χ0) is 11.1. The van der Waals surface area contributed by atoms with Crippen molar-refractivity contribution in [2.45, 2.75) is 13.2 Å². The molecule has 5 nitrogen and oxygen atoms in total. The summed E-state index contributed by atoms with van der Waals surface area (Å²) in [6, 6.07) is 6.05. The molecule has 1 aromatic carbocycles. The molecule has 16 heavy (non-hydrogen) atoms. The van der Waals surface area contributed by atoms with Gasteiger partial charge in [0.05, 0.1) is 13.2 Å². The number of hydrogen-bond donors (Lipinski definition) is 2. The number of hydrogen-bond acceptors (Lipinski definition) is 4. The molecule has 1 aliphatic rings. The number of nitrogens with one attached hydrogen (secondary N) is 1. The van der Waals surface area contributed by atoms with Gasteiger partial charge in [-0.2, -0.15) is 5.10 Å². The van der Waals surface area contributed by atoms with Gasteiger partial charge >= 0.3 is 0 Å². The average molecular weight is 234 g/mol. The number of nitrogens with zero attached hydrogens (tertiary/aromatic N) is 2. The maximum absolute atomic E-state index is 5.77. The van der Waals surface area contributed by atoms with Crippen LogP contribution in [0.15, 0.2) is 18.2 Å². The molecule has 82 valence electrons. The molecule has 2 aromatic rings. The molecular formula is C10H10N4OS. The van der Waals surface area contributed by atoms with Crippen LogP contribution in [0.1, 0.15) is 11.1 Å². The van der Waals surface area contributed by atoms with Crippen LogP contribution in [0.25, 0.3) is 11.4 Å². The smallest absolute Gasteiger partial charge is 0.214 e. The zero-order valence-electron chi connectivity index (χ0n) is 8.43. The van der Waals surface area contributed by atoms with Crippen LogP contribution in [0.5, 0.6) is 0 Å². The molecule has 0 atom stereocenters. The molecule has 0 unspecified atom stereocenters. The Kier molecular flexibility index (Phi) is 2.05. The van der Waals surface area contributed by atoms with E-state index in [1.165, 1.54) is 15.8 Å². The first-order valence-corrected chi connectivity index (χ1v) is 5.29. The maximum atomic E-state index is 5.77. The summed E-state index contributed by atoms with van der Waals surface area (Å²) in [6.45, 7) is 1.34. The number of aromatic nitrogens is 3. The lowest BCUT2D eigenvalue weighted by Gasteiger charge is -2.02. The van der Waals surface area contributed by atoms with E-state index in [2.05, 4.69) is 10.2 Å². The largest absolute Gasteiger partial charge is 0.372 e. The molecule has 6 heteroatoms. The molecular weight excluding hydrogens is 224 g/mol. The molecule has 3 N–H and O–H groups in total. The van der Waals surface area contributed by atoms with Crippen LogP contribution >= 0.6 is 12.2 Å². The van der Waals surface area contributed by atoms with Crippen molar-refractivity contribution in [1.29, 1.82) is 0 Å². The summed E-state index contributed by atoms with van der Waals surface area (Å²) in [7, 11) is 0. The predicted molar refractivity (Wildman–Crippen MR) is 61.5 cm³/mol. The summed E-state index contributed by atoms with van der Waals surface area (Å²) in [5, 5.41) is 6.75. The molecule has 0 spiro atoms. The highest BCUT2D eigenvalue weighted by atomic mass is 32.1. The first-order valence-electron chi connectivity index (χ1n) is 4.88. The van der Waals surface area contributed by atoms with E-state index in [1.807, 2.05) is 18.2 Å². The van der Waals surface area contributed by atoms with E-state index in [9.17, 15) is 0 Å². The lowest BCUT2D eigenvalue weighted by Crippen LogP contribution is -2.10. The number of H-pyrrole nitrogens is 1. The molecule has 0 amide bonds. The number of aromatic amines is 1. The third-order valence-corrected chi connectivity index (χ3v) is 2.97. The number of nitrogens with two attached hydrogens (primary N) is 1. The highest BCUT2D eigenvalue weighted by Gasteiger charge is 2.14. The fourth-order valence-corrected chi connectivity index (χ4v) is 1.95. The van der Waals surface area contributed by atoms with Crippen LogP contribution in [0.3, 0.4) is 0 Å². The van der Waals surface area contributed by atoms with E-state index < -0.39 is 0 Å². The van der Waals surface area contributed by atoms with Gasteiger partial charge < -0.3 is 10.6 Å². The second kappa shape index (κ2) is 3.43. The number of ether oxygens (including phenoxy) is 1. The van der Waals surface area contributed by atoms with E-state index >= 15 is 0 Å². The van der Waals surface area contributed by atoms with E-state index in [0.29, 0.717) is 23.8 Å². The van der Waals surface area contributed by atoms with Crippen LogP contribution < -0.4 is 5.84 Å². The van der Waals surface area contributed by atoms with Gasteiger partial charge in [0.25, 0.3) is 0 Å². The molecule has 3 rings (SSSR count). The first-order chi connectivity index (χ1) is 7.75.